The lowest BCUT2D eigenvalue weighted by molar-refractivity contribution is -0.125. The summed E-state index contributed by atoms with van der Waals surface area (Å²) in [6.45, 7) is 4.59. The quantitative estimate of drug-likeness (QED) is 0.757. The molecule has 1 aliphatic heterocycles. The van der Waals surface area contributed by atoms with Gasteiger partial charge in [0.1, 0.15) is 13.2 Å². The number of rotatable bonds is 6. The van der Waals surface area contributed by atoms with Crippen molar-refractivity contribution in [1.82, 2.24) is 5.32 Å². The largest absolute Gasteiger partial charge is 0.486 e. The lowest BCUT2D eigenvalue weighted by atomic mass is 9.95. The topological polar surface area (TPSA) is 97.7 Å². The van der Waals surface area contributed by atoms with Gasteiger partial charge in [0.05, 0.1) is 23.2 Å². The molecule has 3 rings (SSSR count). The minimum Gasteiger partial charge on any atom is -0.486 e. The van der Waals surface area contributed by atoms with Crippen LogP contribution in [0.5, 0.6) is 11.5 Å². The van der Waals surface area contributed by atoms with E-state index in [-0.39, 0.29) is 17.5 Å². The molecule has 0 radical (unpaired) electrons. The molecule has 150 valence electrons. The maximum Gasteiger partial charge on any atom is 0.338 e. The van der Waals surface area contributed by atoms with Gasteiger partial charge in [-0.05, 0) is 47.9 Å². The summed E-state index contributed by atoms with van der Waals surface area (Å²) in [7, 11) is 0. The van der Waals surface area contributed by atoms with Gasteiger partial charge in [-0.3, -0.25) is 4.79 Å². The van der Waals surface area contributed by atoms with Crippen LogP contribution in [0.25, 0.3) is 0 Å². The molecule has 29 heavy (non-hydrogen) atoms. The van der Waals surface area contributed by atoms with Crippen LogP contribution in [0.3, 0.4) is 0 Å². The van der Waals surface area contributed by atoms with Crippen molar-refractivity contribution < 1.29 is 23.8 Å². The maximum absolute atomic E-state index is 12.4. The minimum absolute atomic E-state index is 0.107. The normalized spacial score (nSPS) is 13.3. The Morgan fingerprint density at radius 1 is 1.10 bits per heavy atom. The summed E-state index contributed by atoms with van der Waals surface area (Å²) in [4.78, 5) is 24.5. The number of nitrogens with zero attached hydrogens (tertiary/aromatic N) is 1. The zero-order chi connectivity index (χ0) is 20.8. The van der Waals surface area contributed by atoms with Crippen molar-refractivity contribution in [3.8, 4) is 17.6 Å². The fourth-order valence-electron chi connectivity index (χ4n) is 3.00. The number of hydrogen-bond donors (Lipinski definition) is 1. The van der Waals surface area contributed by atoms with E-state index in [1.165, 1.54) is 24.3 Å². The van der Waals surface area contributed by atoms with Gasteiger partial charge in [0, 0.05) is 0 Å². The average molecular weight is 394 g/mol. The molecule has 7 heteroatoms. The second-order valence-corrected chi connectivity index (χ2v) is 6.96. The Morgan fingerprint density at radius 2 is 1.79 bits per heavy atom. The number of nitriles is 1. The van der Waals surface area contributed by atoms with Crippen molar-refractivity contribution in [2.75, 3.05) is 19.8 Å². The van der Waals surface area contributed by atoms with E-state index in [1.54, 1.807) is 0 Å². The first-order valence-electron chi connectivity index (χ1n) is 9.34. The van der Waals surface area contributed by atoms with Crippen LogP contribution in [-0.2, 0) is 9.53 Å². The molecule has 1 N–H and O–H groups in total. The summed E-state index contributed by atoms with van der Waals surface area (Å²) < 4.78 is 16.2. The number of carbonyl (C=O) groups excluding carboxylic acids is 2. The van der Waals surface area contributed by atoms with Gasteiger partial charge in [-0.25, -0.2) is 4.79 Å². The van der Waals surface area contributed by atoms with Crippen LogP contribution in [0.15, 0.2) is 42.5 Å². The number of ether oxygens (including phenoxy) is 3. The van der Waals surface area contributed by atoms with Crippen LogP contribution >= 0.6 is 0 Å². The van der Waals surface area contributed by atoms with E-state index in [9.17, 15) is 9.59 Å². The Hall–Kier alpha value is -3.53. The minimum atomic E-state index is -0.620. The first-order valence-corrected chi connectivity index (χ1v) is 9.34. The van der Waals surface area contributed by atoms with Crippen molar-refractivity contribution in [2.24, 2.45) is 5.92 Å². The molecule has 0 fully saturated rings. The summed E-state index contributed by atoms with van der Waals surface area (Å²) in [5.41, 5.74) is 1.61. The van der Waals surface area contributed by atoms with Crippen LogP contribution < -0.4 is 14.8 Å². The van der Waals surface area contributed by atoms with Gasteiger partial charge in [-0.15, -0.1) is 0 Å². The Kier molecular flexibility index (Phi) is 6.35. The van der Waals surface area contributed by atoms with E-state index in [4.69, 9.17) is 19.5 Å². The molecule has 1 heterocycles. The number of hydrogen-bond acceptors (Lipinski definition) is 6. The van der Waals surface area contributed by atoms with Gasteiger partial charge in [-0.1, -0.05) is 19.9 Å². The first-order chi connectivity index (χ1) is 14.0. The predicted octanol–water partition coefficient (Wildman–Crippen LogP) is 3.00. The van der Waals surface area contributed by atoms with Crippen LogP contribution in [0, 0.1) is 17.2 Å². The van der Waals surface area contributed by atoms with E-state index >= 15 is 0 Å². The smallest absolute Gasteiger partial charge is 0.338 e. The Labute approximate surface area is 169 Å². The zero-order valence-electron chi connectivity index (χ0n) is 16.3. The lowest BCUT2D eigenvalue weighted by Crippen LogP contribution is -2.35. The predicted molar refractivity (Wildman–Crippen MR) is 105 cm³/mol. The third-order valence-electron chi connectivity index (χ3n) is 4.49. The third-order valence-corrected chi connectivity index (χ3v) is 4.49. The fraction of sp³-hybridized carbons (Fsp3) is 0.318. The molecular weight excluding hydrogens is 372 g/mol. The molecule has 7 nitrogen and oxygen atoms in total. The van der Waals surface area contributed by atoms with Gasteiger partial charge >= 0.3 is 5.97 Å². The van der Waals surface area contributed by atoms with Crippen molar-refractivity contribution in [3.05, 3.63) is 59.2 Å². The monoisotopic (exact) mass is 394 g/mol. The molecule has 0 spiro atoms. The van der Waals surface area contributed by atoms with Gasteiger partial charge < -0.3 is 19.5 Å². The molecule has 0 saturated carbocycles. The Morgan fingerprint density at radius 3 is 2.45 bits per heavy atom. The Bertz CT molecular complexity index is 931. The highest BCUT2D eigenvalue weighted by atomic mass is 16.6. The Balaban J connectivity index is 1.61. The van der Waals surface area contributed by atoms with Gasteiger partial charge in [-0.2, -0.15) is 5.26 Å². The van der Waals surface area contributed by atoms with Crippen molar-refractivity contribution in [3.63, 3.8) is 0 Å². The fourth-order valence-corrected chi connectivity index (χ4v) is 3.00. The summed E-state index contributed by atoms with van der Waals surface area (Å²) in [6.07, 6.45) is 0. The van der Waals surface area contributed by atoms with E-state index in [0.717, 1.165) is 5.56 Å². The molecular formula is C22H22N2O5. The molecule has 1 aliphatic rings. The summed E-state index contributed by atoms with van der Waals surface area (Å²) in [6, 6.07) is 13.3. The number of carbonyl (C=O) groups is 2. The molecule has 1 atom stereocenters. The maximum atomic E-state index is 12.4. The van der Waals surface area contributed by atoms with E-state index in [0.29, 0.717) is 30.3 Å². The van der Waals surface area contributed by atoms with Crippen molar-refractivity contribution >= 4 is 11.9 Å². The SMILES string of the molecule is CC(C)[C@@H](NC(=O)COC(=O)c1ccc(C#N)cc1)c1ccc2c(c1)OCCO2. The number of amides is 1. The van der Waals surface area contributed by atoms with Gasteiger partial charge in [0.25, 0.3) is 5.91 Å². The van der Waals surface area contributed by atoms with Crippen LogP contribution in [0.4, 0.5) is 0 Å². The number of benzene rings is 2. The van der Waals surface area contributed by atoms with Crippen molar-refractivity contribution in [1.29, 1.82) is 5.26 Å². The van der Waals surface area contributed by atoms with Gasteiger partial charge in [0.15, 0.2) is 18.1 Å². The molecule has 2 aromatic rings. The number of nitrogens with one attached hydrogen (secondary N) is 1. The molecule has 0 aromatic heterocycles. The molecule has 0 aliphatic carbocycles. The van der Waals surface area contributed by atoms with E-state index < -0.39 is 18.5 Å². The zero-order valence-corrected chi connectivity index (χ0v) is 16.3. The highest BCUT2D eigenvalue weighted by Crippen LogP contribution is 2.34. The van der Waals surface area contributed by atoms with E-state index in [2.05, 4.69) is 5.32 Å². The van der Waals surface area contributed by atoms with Crippen LogP contribution in [0.1, 0.15) is 41.4 Å². The summed E-state index contributed by atoms with van der Waals surface area (Å²) in [5.74, 6) is 0.424. The van der Waals surface area contributed by atoms with Crippen LogP contribution in [-0.4, -0.2) is 31.7 Å². The van der Waals surface area contributed by atoms with Crippen molar-refractivity contribution in [2.45, 2.75) is 19.9 Å². The second kappa shape index (κ2) is 9.11. The van der Waals surface area contributed by atoms with Crippen LogP contribution in [0.2, 0.25) is 0 Å². The third kappa shape index (κ3) is 5.05. The number of fused-ring (bicyclic) bond motifs is 1. The first kappa shape index (κ1) is 20.2. The highest BCUT2D eigenvalue weighted by Gasteiger charge is 2.22. The molecule has 0 saturated heterocycles. The summed E-state index contributed by atoms with van der Waals surface area (Å²) >= 11 is 0. The molecule has 0 unspecified atom stereocenters. The molecule has 1 amide bonds. The molecule has 2 aromatic carbocycles. The summed E-state index contributed by atoms with van der Waals surface area (Å²) in [5, 5.41) is 11.7. The van der Waals surface area contributed by atoms with E-state index in [1.807, 2.05) is 38.1 Å². The van der Waals surface area contributed by atoms with Gasteiger partial charge in [0.2, 0.25) is 0 Å². The number of esters is 1. The second-order valence-electron chi connectivity index (χ2n) is 6.96. The standard InChI is InChI=1S/C22H22N2O5/c1-14(2)21(17-7-8-18-19(11-17)28-10-9-27-18)24-20(25)13-29-22(26)16-5-3-15(12-23)4-6-16/h3-8,11,14,21H,9-10,13H2,1-2H3,(H,24,25)/t21-/m1/s1. The average Bonchev–Trinajstić information content (AvgIpc) is 2.75. The molecule has 0 bridgehead atoms. The lowest BCUT2D eigenvalue weighted by Gasteiger charge is -2.25. The highest BCUT2D eigenvalue weighted by molar-refractivity contribution is 5.91.